The number of benzene rings is 2. The molecule has 1 aliphatic heterocycles. The Morgan fingerprint density at radius 3 is 2.17 bits per heavy atom. The van der Waals surface area contributed by atoms with Crippen molar-refractivity contribution in [1.29, 1.82) is 0 Å². The minimum absolute atomic E-state index is 0.0996. The highest BCUT2D eigenvalue weighted by molar-refractivity contribution is 6.42. The van der Waals surface area contributed by atoms with Crippen LogP contribution in [0.15, 0.2) is 12.1 Å². The second-order valence-electron chi connectivity index (χ2n) is 9.44. The van der Waals surface area contributed by atoms with E-state index in [-0.39, 0.29) is 35.0 Å². The van der Waals surface area contributed by atoms with Crippen molar-refractivity contribution in [3.63, 3.8) is 0 Å². The third kappa shape index (κ3) is 6.45. The van der Waals surface area contributed by atoms with Gasteiger partial charge in [-0.25, -0.2) is 0 Å². The smallest absolute Gasteiger partial charge is 0.255 e. The molecular weight excluding hydrogens is 533 g/mol. The number of phenols is 4. The molecule has 0 saturated carbocycles. The van der Waals surface area contributed by atoms with Gasteiger partial charge in [0.2, 0.25) is 0 Å². The maximum absolute atomic E-state index is 13.3. The number of nitrogens with one attached hydrogen (secondary N) is 2. The van der Waals surface area contributed by atoms with Crippen molar-refractivity contribution in [1.82, 2.24) is 10.2 Å². The number of phenolic OH excluding ortho intramolecular Hbond substituents is 4. The lowest BCUT2D eigenvalue weighted by Gasteiger charge is -2.42. The molecule has 1 saturated heterocycles. The van der Waals surface area contributed by atoms with Crippen molar-refractivity contribution in [3.8, 4) is 28.7 Å². The number of ether oxygens (including phenoxy) is 1. The average molecular weight is 553 g/mol. The van der Waals surface area contributed by atoms with Gasteiger partial charge in [-0.3, -0.25) is 4.79 Å². The van der Waals surface area contributed by atoms with Crippen molar-refractivity contribution < 1.29 is 40.2 Å². The molecule has 14 radical (unpaired) electrons. The molecule has 0 aromatic heterocycles. The summed E-state index contributed by atoms with van der Waals surface area (Å²) < 4.78 is 5.07. The summed E-state index contributed by atoms with van der Waals surface area (Å²) in [5, 5.41) is 62.8. The second kappa shape index (κ2) is 11.0. The molecule has 0 unspecified atom stereocenters. The van der Waals surface area contributed by atoms with E-state index in [1.165, 1.54) is 4.90 Å². The van der Waals surface area contributed by atoms with Crippen LogP contribution in [0.25, 0.3) is 0 Å². The summed E-state index contributed by atoms with van der Waals surface area (Å²) in [6.45, 7) is 1.74. The molecule has 1 aliphatic rings. The summed E-state index contributed by atoms with van der Waals surface area (Å²) in [5.74, 6) is -4.99. The molecule has 2 aromatic rings. The number of amides is 1. The van der Waals surface area contributed by atoms with Crippen LogP contribution in [0.1, 0.15) is 29.3 Å². The first-order valence-corrected chi connectivity index (χ1v) is 11.9. The molecule has 8 N–H and O–H groups in total. The van der Waals surface area contributed by atoms with E-state index in [9.17, 15) is 35.4 Å². The maximum Gasteiger partial charge on any atom is 0.255 e. The number of halogens is 1. The number of aliphatic hydroxyl groups is 2. The Kier molecular flexibility index (Phi) is 8.73. The quantitative estimate of drug-likeness (QED) is 0.0728. The van der Waals surface area contributed by atoms with Gasteiger partial charge in [-0.15, -0.1) is 0 Å². The zero-order valence-electron chi connectivity index (χ0n) is 21.1. The SMILES string of the molecule is [B]c1c(O)c(O)c(O)c(C([B])([B])N2CC[C@@H](NC(=O)c3cc(Cl)c(NC([B])([B])O)cc3OC([B])([B])O)[C@H]2C)c1O. The topological polar surface area (TPSA) is 175 Å². The van der Waals surface area contributed by atoms with E-state index in [0.29, 0.717) is 0 Å². The fourth-order valence-electron chi connectivity index (χ4n) is 4.44. The van der Waals surface area contributed by atoms with E-state index >= 15 is 0 Å². The summed E-state index contributed by atoms with van der Waals surface area (Å²) >= 11 is 6.20. The Morgan fingerprint density at radius 2 is 1.62 bits per heavy atom. The van der Waals surface area contributed by atoms with Gasteiger partial charge in [0.15, 0.2) is 32.9 Å². The van der Waals surface area contributed by atoms with Gasteiger partial charge < -0.3 is 50.9 Å². The van der Waals surface area contributed by atoms with Crippen molar-refractivity contribution >= 4 is 83.6 Å². The van der Waals surface area contributed by atoms with Crippen molar-refractivity contribution in [2.75, 3.05) is 11.9 Å². The molecule has 2 atom stereocenters. The van der Waals surface area contributed by atoms with E-state index in [1.807, 2.05) is 0 Å². The summed E-state index contributed by atoms with van der Waals surface area (Å²) in [7, 11) is 39.5. The maximum atomic E-state index is 13.3. The number of likely N-dealkylation sites (tertiary alicyclic amines) is 1. The van der Waals surface area contributed by atoms with Crippen LogP contribution in [-0.4, -0.2) is 126 Å². The lowest BCUT2D eigenvalue weighted by molar-refractivity contribution is 0.0122. The molecule has 3 rings (SSSR count). The number of anilines is 1. The Bertz CT molecular complexity index is 1290. The Hall–Kier alpha value is -2.67. The normalized spacial score (nSPS) is 18.4. The van der Waals surface area contributed by atoms with Gasteiger partial charge in [0.25, 0.3) is 5.91 Å². The summed E-state index contributed by atoms with van der Waals surface area (Å²) in [5.41, 5.74) is -6.70. The van der Waals surface area contributed by atoms with Gasteiger partial charge >= 0.3 is 0 Å². The number of rotatable bonds is 8. The molecule has 0 spiro atoms. The van der Waals surface area contributed by atoms with E-state index in [1.54, 1.807) is 6.92 Å². The first kappa shape index (κ1) is 31.9. The minimum Gasteiger partial charge on any atom is -0.508 e. The molecule has 19 heteroatoms. The summed E-state index contributed by atoms with van der Waals surface area (Å²) in [4.78, 5) is 14.7. The van der Waals surface area contributed by atoms with E-state index in [4.69, 9.17) is 71.3 Å². The number of carbonyl (C=O) groups excluding carboxylic acids is 1. The van der Waals surface area contributed by atoms with Crippen LogP contribution in [0.2, 0.25) is 5.02 Å². The van der Waals surface area contributed by atoms with Crippen LogP contribution in [0, 0.1) is 0 Å². The van der Waals surface area contributed by atoms with E-state index < -0.39 is 68.5 Å². The molecule has 1 fully saturated rings. The van der Waals surface area contributed by atoms with Crippen molar-refractivity contribution in [2.45, 2.75) is 41.9 Å². The highest BCUT2D eigenvalue weighted by Gasteiger charge is 2.43. The summed E-state index contributed by atoms with van der Waals surface area (Å²) in [6, 6.07) is 0.844. The van der Waals surface area contributed by atoms with Gasteiger partial charge in [-0.2, -0.15) is 0 Å². The molecule has 11 nitrogen and oxygen atoms in total. The molecule has 1 heterocycles. The number of nitrogens with zero attached hydrogens (tertiary/aromatic N) is 1. The molecule has 0 bridgehead atoms. The fourth-order valence-corrected chi connectivity index (χ4v) is 4.65. The van der Waals surface area contributed by atoms with Crippen LogP contribution < -0.4 is 20.8 Å². The Morgan fingerprint density at radius 1 is 1.02 bits per heavy atom. The van der Waals surface area contributed by atoms with Crippen LogP contribution in [0.4, 0.5) is 5.69 Å². The van der Waals surface area contributed by atoms with Gasteiger partial charge in [-0.1, -0.05) is 11.6 Å². The zero-order chi connectivity index (χ0) is 30.5. The Labute approximate surface area is 244 Å². The number of hydrogen-bond donors (Lipinski definition) is 8. The lowest BCUT2D eigenvalue weighted by Crippen LogP contribution is -2.53. The van der Waals surface area contributed by atoms with Crippen LogP contribution in [0.5, 0.6) is 28.7 Å². The largest absolute Gasteiger partial charge is 0.508 e. The number of carbonyl (C=O) groups is 1. The molecule has 0 aliphatic carbocycles. The predicted octanol–water partition coefficient (Wildman–Crippen LogP) is -3.03. The number of aromatic hydroxyl groups is 4. The molecule has 2 aromatic carbocycles. The van der Waals surface area contributed by atoms with Gasteiger partial charge in [0, 0.05) is 29.2 Å². The summed E-state index contributed by atoms with van der Waals surface area (Å²) in [6.07, 6.45) is 0.249. The highest BCUT2D eigenvalue weighted by Crippen LogP contribution is 2.46. The fraction of sp³-hybridized carbons (Fsp3) is 0.381. The molecular formula is C21H19B7ClN3O8. The standard InChI is InChI=1S/C21H19B7ClN3O8/c1-6-9(2-3-32(6)19(23,24)12-14(33)13(22)16(35)17(36)15(12)34)30-18(37)7-4-8(29)10(31-20(25,26)38)5-11(7)40-21(27,28)39/h4-6,9,31,33-36,38-39H,2-3H2,1H3,(H,30,37)/t6-,9-/m1/s1. The third-order valence-corrected chi connectivity index (χ3v) is 6.61. The molecule has 1 amide bonds. The average Bonchev–Trinajstić information content (AvgIpc) is 3.17. The van der Waals surface area contributed by atoms with Gasteiger partial charge in [0.05, 0.1) is 32.0 Å². The zero-order valence-corrected chi connectivity index (χ0v) is 21.8. The Balaban J connectivity index is 1.92. The molecule has 194 valence electrons. The molecule has 40 heavy (non-hydrogen) atoms. The van der Waals surface area contributed by atoms with Crippen molar-refractivity contribution in [3.05, 3.63) is 28.3 Å². The first-order valence-electron chi connectivity index (χ1n) is 11.5. The van der Waals surface area contributed by atoms with Crippen LogP contribution in [-0.2, 0) is 5.34 Å². The van der Waals surface area contributed by atoms with Crippen LogP contribution >= 0.6 is 11.6 Å². The predicted molar refractivity (Wildman–Crippen MR) is 152 cm³/mol. The van der Waals surface area contributed by atoms with Gasteiger partial charge in [0.1, 0.15) is 40.6 Å². The van der Waals surface area contributed by atoms with Crippen LogP contribution in [0.3, 0.4) is 0 Å². The monoisotopic (exact) mass is 553 g/mol. The van der Waals surface area contributed by atoms with Gasteiger partial charge in [-0.05, 0) is 36.8 Å². The third-order valence-electron chi connectivity index (χ3n) is 6.30. The van der Waals surface area contributed by atoms with E-state index in [0.717, 1.165) is 12.1 Å². The first-order chi connectivity index (χ1) is 18.2. The second-order valence-corrected chi connectivity index (χ2v) is 9.85. The highest BCUT2D eigenvalue weighted by atomic mass is 35.5. The lowest BCUT2D eigenvalue weighted by atomic mass is 9.55. The van der Waals surface area contributed by atoms with Crippen molar-refractivity contribution in [2.24, 2.45) is 0 Å². The van der Waals surface area contributed by atoms with E-state index in [2.05, 4.69) is 10.6 Å². The minimum atomic E-state index is -2.72. The number of hydrogen-bond acceptors (Lipinski definition) is 10.